The summed E-state index contributed by atoms with van der Waals surface area (Å²) in [5.41, 5.74) is 1.95. The molecule has 0 radical (unpaired) electrons. The third-order valence-electron chi connectivity index (χ3n) is 2.93. The van der Waals surface area contributed by atoms with Crippen LogP contribution in [0.3, 0.4) is 0 Å². The van der Waals surface area contributed by atoms with Crippen LogP contribution in [-0.2, 0) is 6.54 Å². The molecule has 2 rings (SSSR count). The van der Waals surface area contributed by atoms with E-state index >= 15 is 0 Å². The number of rotatable bonds is 3. The van der Waals surface area contributed by atoms with Crippen molar-refractivity contribution in [2.45, 2.75) is 13.5 Å². The first-order valence-electron chi connectivity index (χ1n) is 5.89. The Balaban J connectivity index is 2.19. The third-order valence-corrected chi connectivity index (χ3v) is 2.93. The monoisotopic (exact) mass is 276 g/mol. The summed E-state index contributed by atoms with van der Waals surface area (Å²) >= 11 is 0. The molecule has 102 valence electrons. The SMILES string of the molecule is Cc1cc(C#N)ccc1CNc1cc(F)cc(F)c1F. The number of nitrogens with zero attached hydrogens (tertiary/aromatic N) is 1. The van der Waals surface area contributed by atoms with Crippen molar-refractivity contribution in [1.82, 2.24) is 0 Å². The number of anilines is 1. The van der Waals surface area contributed by atoms with Crippen LogP contribution < -0.4 is 5.32 Å². The van der Waals surface area contributed by atoms with Crippen molar-refractivity contribution < 1.29 is 13.2 Å². The lowest BCUT2D eigenvalue weighted by Gasteiger charge is -2.10. The average Bonchev–Trinajstić information content (AvgIpc) is 2.42. The first-order chi connectivity index (χ1) is 9.51. The molecule has 0 atom stereocenters. The fraction of sp³-hybridized carbons (Fsp3) is 0.133. The highest BCUT2D eigenvalue weighted by atomic mass is 19.2. The minimum absolute atomic E-state index is 0.206. The van der Waals surface area contributed by atoms with E-state index in [1.807, 2.05) is 6.07 Å². The fourth-order valence-corrected chi connectivity index (χ4v) is 1.84. The molecule has 1 N–H and O–H groups in total. The van der Waals surface area contributed by atoms with Crippen LogP contribution in [0, 0.1) is 35.7 Å². The van der Waals surface area contributed by atoms with Crippen molar-refractivity contribution in [1.29, 1.82) is 5.26 Å². The van der Waals surface area contributed by atoms with Crippen LogP contribution in [0.1, 0.15) is 16.7 Å². The maximum atomic E-state index is 13.5. The van der Waals surface area contributed by atoms with Crippen molar-refractivity contribution >= 4 is 5.69 Å². The lowest BCUT2D eigenvalue weighted by Crippen LogP contribution is -2.05. The largest absolute Gasteiger partial charge is 0.378 e. The summed E-state index contributed by atoms with van der Waals surface area (Å²) in [6.45, 7) is 2.01. The van der Waals surface area contributed by atoms with E-state index in [0.717, 1.165) is 17.2 Å². The van der Waals surface area contributed by atoms with Crippen molar-refractivity contribution in [3.05, 3.63) is 64.5 Å². The molecular weight excluding hydrogens is 265 g/mol. The normalized spacial score (nSPS) is 10.2. The highest BCUT2D eigenvalue weighted by Crippen LogP contribution is 2.20. The van der Waals surface area contributed by atoms with Crippen LogP contribution in [0.25, 0.3) is 0 Å². The molecule has 2 nitrogen and oxygen atoms in total. The summed E-state index contributed by atoms with van der Waals surface area (Å²) in [6.07, 6.45) is 0. The summed E-state index contributed by atoms with van der Waals surface area (Å²) in [4.78, 5) is 0. The van der Waals surface area contributed by atoms with Gasteiger partial charge < -0.3 is 5.32 Å². The van der Waals surface area contributed by atoms with Gasteiger partial charge in [0.2, 0.25) is 0 Å². The highest BCUT2D eigenvalue weighted by Gasteiger charge is 2.11. The van der Waals surface area contributed by atoms with Gasteiger partial charge in [-0.2, -0.15) is 5.26 Å². The minimum atomic E-state index is -1.23. The zero-order valence-electron chi connectivity index (χ0n) is 10.7. The summed E-state index contributed by atoms with van der Waals surface area (Å²) in [5, 5.41) is 11.4. The van der Waals surface area contributed by atoms with Crippen LogP contribution in [0.15, 0.2) is 30.3 Å². The molecular formula is C15H11F3N2. The Hall–Kier alpha value is -2.48. The van der Waals surface area contributed by atoms with E-state index in [1.165, 1.54) is 0 Å². The van der Waals surface area contributed by atoms with Gasteiger partial charge in [0.25, 0.3) is 0 Å². The van der Waals surface area contributed by atoms with Gasteiger partial charge in [0.15, 0.2) is 11.6 Å². The van der Waals surface area contributed by atoms with E-state index in [-0.39, 0.29) is 12.2 Å². The van der Waals surface area contributed by atoms with Gasteiger partial charge >= 0.3 is 0 Å². The Labute approximate surface area is 114 Å². The van der Waals surface area contributed by atoms with Gasteiger partial charge in [-0.25, -0.2) is 13.2 Å². The van der Waals surface area contributed by atoms with Gasteiger partial charge in [0, 0.05) is 18.7 Å². The molecule has 0 aromatic heterocycles. The van der Waals surface area contributed by atoms with Crippen LogP contribution >= 0.6 is 0 Å². The van der Waals surface area contributed by atoms with Crippen LogP contribution in [-0.4, -0.2) is 0 Å². The summed E-state index contributed by atoms with van der Waals surface area (Å²) in [6, 6.07) is 8.45. The first-order valence-corrected chi connectivity index (χ1v) is 5.89. The fourth-order valence-electron chi connectivity index (χ4n) is 1.84. The second kappa shape index (κ2) is 5.66. The number of nitrogens with one attached hydrogen (secondary N) is 1. The number of halogens is 3. The molecule has 0 saturated carbocycles. The Morgan fingerprint density at radius 1 is 1.15 bits per heavy atom. The molecule has 0 aliphatic carbocycles. The summed E-state index contributed by atoms with van der Waals surface area (Å²) < 4.78 is 39.5. The van der Waals surface area contributed by atoms with Crippen LogP contribution in [0.2, 0.25) is 0 Å². The number of nitriles is 1. The predicted molar refractivity (Wildman–Crippen MR) is 69.5 cm³/mol. The Kier molecular flexibility index (Phi) is 3.94. The van der Waals surface area contributed by atoms with E-state index in [9.17, 15) is 13.2 Å². The average molecular weight is 276 g/mol. The molecule has 0 saturated heterocycles. The zero-order valence-corrected chi connectivity index (χ0v) is 10.7. The maximum absolute atomic E-state index is 13.5. The third kappa shape index (κ3) is 2.91. The van der Waals surface area contributed by atoms with Gasteiger partial charge in [-0.1, -0.05) is 6.07 Å². The van der Waals surface area contributed by atoms with Crippen molar-refractivity contribution in [3.63, 3.8) is 0 Å². The van der Waals surface area contributed by atoms with E-state index in [4.69, 9.17) is 5.26 Å². The van der Waals surface area contributed by atoms with Gasteiger partial charge in [-0.05, 0) is 30.2 Å². The van der Waals surface area contributed by atoms with E-state index in [2.05, 4.69) is 5.32 Å². The molecule has 2 aromatic rings. The molecule has 0 spiro atoms. The van der Waals surface area contributed by atoms with Gasteiger partial charge in [-0.15, -0.1) is 0 Å². The van der Waals surface area contributed by atoms with Crippen LogP contribution in [0.4, 0.5) is 18.9 Å². The van der Waals surface area contributed by atoms with E-state index in [1.54, 1.807) is 25.1 Å². The van der Waals surface area contributed by atoms with Gasteiger partial charge in [0.1, 0.15) is 5.82 Å². The van der Waals surface area contributed by atoms with Gasteiger partial charge in [-0.3, -0.25) is 0 Å². The molecule has 0 unspecified atom stereocenters. The topological polar surface area (TPSA) is 35.8 Å². The molecule has 0 bridgehead atoms. The van der Waals surface area contributed by atoms with Crippen molar-refractivity contribution in [2.24, 2.45) is 0 Å². The molecule has 0 heterocycles. The lowest BCUT2D eigenvalue weighted by molar-refractivity contribution is 0.497. The molecule has 20 heavy (non-hydrogen) atoms. The van der Waals surface area contributed by atoms with E-state index in [0.29, 0.717) is 11.6 Å². The first kappa shape index (κ1) is 13.9. The van der Waals surface area contributed by atoms with Crippen molar-refractivity contribution in [3.8, 4) is 6.07 Å². The maximum Gasteiger partial charge on any atom is 0.182 e. The Morgan fingerprint density at radius 3 is 2.55 bits per heavy atom. The van der Waals surface area contributed by atoms with Gasteiger partial charge in [0.05, 0.1) is 17.3 Å². The molecule has 0 aliphatic heterocycles. The Morgan fingerprint density at radius 2 is 1.90 bits per heavy atom. The quantitative estimate of drug-likeness (QED) is 0.863. The highest BCUT2D eigenvalue weighted by molar-refractivity contribution is 5.47. The molecule has 0 aliphatic rings. The number of hydrogen-bond donors (Lipinski definition) is 1. The van der Waals surface area contributed by atoms with Crippen LogP contribution in [0.5, 0.6) is 0 Å². The predicted octanol–water partition coefficient (Wildman–Crippen LogP) is 3.90. The van der Waals surface area contributed by atoms with Crippen molar-refractivity contribution in [2.75, 3.05) is 5.32 Å². The van der Waals surface area contributed by atoms with E-state index < -0.39 is 17.5 Å². The standard InChI is InChI=1S/C15H11F3N2/c1-9-4-10(7-19)2-3-11(9)8-20-14-6-12(16)5-13(17)15(14)18/h2-6,20H,8H2,1H3. The molecule has 0 fully saturated rings. The summed E-state index contributed by atoms with van der Waals surface area (Å²) in [5.74, 6) is -3.19. The Bertz CT molecular complexity index is 690. The molecule has 0 amide bonds. The number of benzene rings is 2. The molecule has 2 aromatic carbocycles. The smallest absolute Gasteiger partial charge is 0.182 e. The second-order valence-electron chi connectivity index (χ2n) is 4.36. The molecule has 5 heteroatoms. The number of aryl methyl sites for hydroxylation is 1. The second-order valence-corrected chi connectivity index (χ2v) is 4.36. The minimum Gasteiger partial charge on any atom is -0.378 e. The lowest BCUT2D eigenvalue weighted by atomic mass is 10.1. The zero-order chi connectivity index (χ0) is 14.7. The number of hydrogen-bond acceptors (Lipinski definition) is 2. The summed E-state index contributed by atoms with van der Waals surface area (Å²) in [7, 11) is 0.